The Labute approximate surface area is 83.9 Å². The summed E-state index contributed by atoms with van der Waals surface area (Å²) < 4.78 is 12.4. The fraction of sp³-hybridized carbons (Fsp3) is 0.455. The third-order valence-corrected chi connectivity index (χ3v) is 1.86. The average molecular weight is 194 g/mol. The topological polar surface area (TPSA) is 25.8 Å². The molecule has 0 bridgehead atoms. The van der Waals surface area contributed by atoms with Crippen LogP contribution in [0.3, 0.4) is 0 Å². The largest absolute Gasteiger partial charge is 0.248 e. The third kappa shape index (κ3) is 4.70. The number of rotatable bonds is 5. The first-order valence-corrected chi connectivity index (χ1v) is 4.84. The Hall–Kier alpha value is -1.25. The molecule has 3 heteroatoms. The molecule has 0 saturated heterocycles. The van der Waals surface area contributed by atoms with Gasteiger partial charge in [0.2, 0.25) is 0 Å². The molecule has 1 aromatic heterocycles. The lowest BCUT2D eigenvalue weighted by Gasteiger charge is -1.97. The van der Waals surface area contributed by atoms with Crippen LogP contribution in [0.1, 0.15) is 31.7 Å². The highest BCUT2D eigenvalue weighted by molar-refractivity contribution is 5.45. The molecule has 0 fully saturated rings. The fourth-order valence-electron chi connectivity index (χ4n) is 1.13. The van der Waals surface area contributed by atoms with Gasteiger partial charge in [0.05, 0.1) is 6.17 Å². The highest BCUT2D eigenvalue weighted by Gasteiger charge is 1.94. The van der Waals surface area contributed by atoms with Crippen molar-refractivity contribution in [3.8, 4) is 0 Å². The molecule has 76 valence electrons. The van der Waals surface area contributed by atoms with Crippen LogP contribution in [-0.2, 0) is 0 Å². The molecule has 1 atom stereocenters. The van der Waals surface area contributed by atoms with Crippen molar-refractivity contribution in [3.05, 3.63) is 30.4 Å². The van der Waals surface area contributed by atoms with Gasteiger partial charge in [0.25, 0.3) is 0 Å². The van der Waals surface area contributed by atoms with Crippen molar-refractivity contribution in [2.24, 2.45) is 0 Å². The van der Waals surface area contributed by atoms with Crippen molar-refractivity contribution in [1.29, 1.82) is 0 Å². The number of alkyl halides is 1. The molecule has 1 heterocycles. The molecular formula is C11H15FN2. The van der Waals surface area contributed by atoms with Gasteiger partial charge in [-0.2, -0.15) is 0 Å². The van der Waals surface area contributed by atoms with Crippen LogP contribution in [0.4, 0.5) is 4.39 Å². The van der Waals surface area contributed by atoms with Crippen LogP contribution in [0.25, 0.3) is 6.08 Å². The van der Waals surface area contributed by atoms with Gasteiger partial charge in [0.1, 0.15) is 6.33 Å². The first kappa shape index (κ1) is 10.8. The Kier molecular flexibility index (Phi) is 4.83. The first-order chi connectivity index (χ1) is 6.79. The van der Waals surface area contributed by atoms with Gasteiger partial charge < -0.3 is 0 Å². The van der Waals surface area contributed by atoms with E-state index in [4.69, 9.17) is 0 Å². The molecule has 0 saturated carbocycles. The van der Waals surface area contributed by atoms with Crippen LogP contribution in [-0.4, -0.2) is 16.1 Å². The van der Waals surface area contributed by atoms with Gasteiger partial charge in [-0.05, 0) is 26.2 Å². The summed E-state index contributed by atoms with van der Waals surface area (Å²) in [5.74, 6) is 0. The van der Waals surface area contributed by atoms with Crippen LogP contribution < -0.4 is 0 Å². The van der Waals surface area contributed by atoms with E-state index in [0.717, 1.165) is 18.4 Å². The van der Waals surface area contributed by atoms with E-state index in [9.17, 15) is 4.39 Å². The molecule has 0 aliphatic carbocycles. The zero-order valence-electron chi connectivity index (χ0n) is 8.36. The maximum absolute atomic E-state index is 12.4. The predicted octanol–water partition coefficient (Wildman–Crippen LogP) is 3.02. The number of hydrogen-bond donors (Lipinski definition) is 0. The smallest absolute Gasteiger partial charge is 0.115 e. The molecular weight excluding hydrogens is 179 g/mol. The van der Waals surface area contributed by atoms with E-state index < -0.39 is 6.17 Å². The molecule has 2 nitrogen and oxygen atoms in total. The van der Waals surface area contributed by atoms with E-state index in [2.05, 4.69) is 9.97 Å². The molecule has 1 aromatic rings. The summed E-state index contributed by atoms with van der Waals surface area (Å²) >= 11 is 0. The zero-order chi connectivity index (χ0) is 10.2. The second kappa shape index (κ2) is 6.24. The summed E-state index contributed by atoms with van der Waals surface area (Å²) in [6.07, 6.45) is 10.7. The third-order valence-electron chi connectivity index (χ3n) is 1.86. The van der Waals surface area contributed by atoms with Gasteiger partial charge in [-0.25, -0.2) is 14.4 Å². The van der Waals surface area contributed by atoms with Gasteiger partial charge in [-0.15, -0.1) is 0 Å². The number of unbranched alkanes of at least 4 members (excludes halogenated alkanes) is 1. The number of nitrogens with zero attached hydrogens (tertiary/aromatic N) is 2. The van der Waals surface area contributed by atoms with Gasteiger partial charge in [0.15, 0.2) is 0 Å². The van der Waals surface area contributed by atoms with Gasteiger partial charge in [0, 0.05) is 18.0 Å². The van der Waals surface area contributed by atoms with Crippen molar-refractivity contribution in [3.63, 3.8) is 0 Å². The van der Waals surface area contributed by atoms with Crippen LogP contribution in [0, 0.1) is 0 Å². The van der Waals surface area contributed by atoms with Gasteiger partial charge >= 0.3 is 0 Å². The Morgan fingerprint density at radius 2 is 2.14 bits per heavy atom. The van der Waals surface area contributed by atoms with E-state index in [1.165, 1.54) is 6.33 Å². The van der Waals surface area contributed by atoms with Crippen molar-refractivity contribution >= 4 is 6.08 Å². The minimum absolute atomic E-state index is 0.635. The van der Waals surface area contributed by atoms with E-state index in [1.54, 1.807) is 19.3 Å². The molecule has 0 aromatic carbocycles. The molecule has 0 aliphatic heterocycles. The van der Waals surface area contributed by atoms with Crippen LogP contribution in [0.5, 0.6) is 0 Å². The van der Waals surface area contributed by atoms with Crippen molar-refractivity contribution < 1.29 is 4.39 Å². The SMILES string of the molecule is CC(F)CCCC=Cc1cncnc1. The highest BCUT2D eigenvalue weighted by atomic mass is 19.1. The van der Waals surface area contributed by atoms with Crippen molar-refractivity contribution in [1.82, 2.24) is 9.97 Å². The molecule has 0 spiro atoms. The Balaban J connectivity index is 2.21. The predicted molar refractivity (Wildman–Crippen MR) is 55.5 cm³/mol. The summed E-state index contributed by atoms with van der Waals surface area (Å²) in [6.45, 7) is 1.59. The second-order valence-electron chi connectivity index (χ2n) is 3.29. The van der Waals surface area contributed by atoms with Crippen molar-refractivity contribution in [2.75, 3.05) is 0 Å². The minimum atomic E-state index is -0.691. The first-order valence-electron chi connectivity index (χ1n) is 4.84. The number of hydrogen-bond acceptors (Lipinski definition) is 2. The molecule has 14 heavy (non-hydrogen) atoms. The van der Waals surface area contributed by atoms with Crippen LogP contribution >= 0.6 is 0 Å². The molecule has 0 amide bonds. The Morgan fingerprint density at radius 3 is 2.79 bits per heavy atom. The summed E-state index contributed by atoms with van der Waals surface area (Å²) in [5.41, 5.74) is 0.987. The summed E-state index contributed by atoms with van der Waals surface area (Å²) in [4.78, 5) is 7.78. The Bertz CT molecular complexity index is 270. The maximum atomic E-state index is 12.4. The summed E-state index contributed by atoms with van der Waals surface area (Å²) in [5, 5.41) is 0. The standard InChI is InChI=1S/C11H15FN2/c1-10(12)5-3-2-4-6-11-7-13-9-14-8-11/h4,6-10H,2-3,5H2,1H3. The van der Waals surface area contributed by atoms with Crippen LogP contribution in [0.15, 0.2) is 24.8 Å². The molecule has 0 N–H and O–H groups in total. The number of allylic oxidation sites excluding steroid dienone is 1. The molecule has 0 radical (unpaired) electrons. The van der Waals surface area contributed by atoms with Gasteiger partial charge in [-0.1, -0.05) is 12.2 Å². The molecule has 1 rings (SSSR count). The van der Waals surface area contributed by atoms with E-state index >= 15 is 0 Å². The fourth-order valence-corrected chi connectivity index (χ4v) is 1.13. The van der Waals surface area contributed by atoms with Crippen LogP contribution in [0.2, 0.25) is 0 Å². The lowest BCUT2D eigenvalue weighted by Crippen LogP contribution is -1.90. The van der Waals surface area contributed by atoms with Crippen molar-refractivity contribution in [2.45, 2.75) is 32.4 Å². The molecule has 0 aliphatic rings. The monoisotopic (exact) mass is 194 g/mol. The van der Waals surface area contributed by atoms with E-state index in [0.29, 0.717) is 6.42 Å². The lowest BCUT2D eigenvalue weighted by atomic mass is 10.1. The quantitative estimate of drug-likeness (QED) is 0.673. The number of aromatic nitrogens is 2. The van der Waals surface area contributed by atoms with E-state index in [1.807, 2.05) is 12.2 Å². The number of halogens is 1. The normalized spacial score (nSPS) is 13.3. The summed E-state index contributed by atoms with van der Waals surface area (Å²) in [7, 11) is 0. The van der Waals surface area contributed by atoms with Gasteiger partial charge in [-0.3, -0.25) is 0 Å². The Morgan fingerprint density at radius 1 is 1.43 bits per heavy atom. The second-order valence-corrected chi connectivity index (χ2v) is 3.29. The highest BCUT2D eigenvalue weighted by Crippen LogP contribution is 2.05. The molecule has 1 unspecified atom stereocenters. The summed E-state index contributed by atoms with van der Waals surface area (Å²) in [6, 6.07) is 0. The van der Waals surface area contributed by atoms with E-state index in [-0.39, 0.29) is 0 Å². The maximum Gasteiger partial charge on any atom is 0.115 e. The average Bonchev–Trinajstić information content (AvgIpc) is 2.18. The lowest BCUT2D eigenvalue weighted by molar-refractivity contribution is 0.335. The minimum Gasteiger partial charge on any atom is -0.248 e. The zero-order valence-corrected chi connectivity index (χ0v) is 8.36.